The molecule has 1 saturated carbocycles. The maximum absolute atomic E-state index is 12.0. The molecule has 126 valence electrons. The second-order valence-electron chi connectivity index (χ2n) is 5.60. The largest absolute Gasteiger partial charge is 0.481 e. The van der Waals surface area contributed by atoms with Crippen LogP contribution in [0.3, 0.4) is 0 Å². The molecule has 0 heterocycles. The summed E-state index contributed by atoms with van der Waals surface area (Å²) >= 11 is 0. The first-order valence-electron chi connectivity index (χ1n) is 7.40. The lowest BCUT2D eigenvalue weighted by molar-refractivity contribution is -0.145. The number of sulfonamides is 1. The van der Waals surface area contributed by atoms with E-state index < -0.39 is 16.0 Å². The number of amides is 1. The Morgan fingerprint density at radius 2 is 1.83 bits per heavy atom. The van der Waals surface area contributed by atoms with Crippen LogP contribution in [-0.2, 0) is 21.4 Å². The van der Waals surface area contributed by atoms with Crippen molar-refractivity contribution < 1.29 is 23.1 Å². The number of carboxylic acids is 1. The van der Waals surface area contributed by atoms with Crippen LogP contribution >= 0.6 is 0 Å². The first-order chi connectivity index (χ1) is 10.8. The van der Waals surface area contributed by atoms with E-state index in [1.807, 2.05) is 0 Å². The predicted octanol–water partition coefficient (Wildman–Crippen LogP) is 0.719. The fourth-order valence-corrected chi connectivity index (χ4v) is 2.87. The van der Waals surface area contributed by atoms with Gasteiger partial charge in [-0.15, -0.1) is 0 Å². The van der Waals surface area contributed by atoms with Crippen molar-refractivity contribution in [3.63, 3.8) is 0 Å². The van der Waals surface area contributed by atoms with E-state index in [1.165, 1.54) is 0 Å². The molecule has 0 spiro atoms. The molecular weight excluding hydrogens is 320 g/mol. The summed E-state index contributed by atoms with van der Waals surface area (Å²) in [4.78, 5) is 22.7. The van der Waals surface area contributed by atoms with Gasteiger partial charge in [-0.05, 0) is 37.5 Å². The van der Waals surface area contributed by atoms with Crippen LogP contribution in [-0.4, -0.2) is 37.2 Å². The van der Waals surface area contributed by atoms with Crippen LogP contribution in [0.15, 0.2) is 24.3 Å². The van der Waals surface area contributed by atoms with E-state index in [-0.39, 0.29) is 30.2 Å². The highest BCUT2D eigenvalue weighted by Gasteiger charge is 2.35. The second kappa shape index (κ2) is 7.10. The number of carboxylic acid groups (broad SMARTS) is 1. The molecule has 0 unspecified atom stereocenters. The van der Waals surface area contributed by atoms with Crippen molar-refractivity contribution >= 4 is 21.9 Å². The fraction of sp³-hybridized carbons (Fsp3) is 0.467. The normalized spacial score (nSPS) is 20.6. The van der Waals surface area contributed by atoms with Crippen LogP contribution in [0, 0.1) is 5.92 Å². The van der Waals surface area contributed by atoms with Crippen LogP contribution in [0.1, 0.15) is 35.7 Å². The zero-order valence-corrected chi connectivity index (χ0v) is 13.6. The molecule has 0 aliphatic heterocycles. The molecule has 1 amide bonds. The van der Waals surface area contributed by atoms with Crippen LogP contribution in [0.25, 0.3) is 0 Å². The molecule has 23 heavy (non-hydrogen) atoms. The monoisotopic (exact) mass is 340 g/mol. The number of rotatable bonds is 7. The van der Waals surface area contributed by atoms with E-state index in [4.69, 9.17) is 5.11 Å². The maximum atomic E-state index is 12.0. The van der Waals surface area contributed by atoms with E-state index in [9.17, 15) is 18.0 Å². The van der Waals surface area contributed by atoms with Gasteiger partial charge in [-0.2, -0.15) is 0 Å². The number of carbonyl (C=O) groups is 2. The number of hydrogen-bond acceptors (Lipinski definition) is 4. The number of hydrogen-bond donors (Lipinski definition) is 3. The van der Waals surface area contributed by atoms with Gasteiger partial charge >= 0.3 is 5.97 Å². The van der Waals surface area contributed by atoms with Gasteiger partial charge in [-0.25, -0.2) is 13.1 Å². The molecule has 8 heteroatoms. The summed E-state index contributed by atoms with van der Waals surface area (Å²) in [5, 5.41) is 11.6. The topological polar surface area (TPSA) is 113 Å². The summed E-state index contributed by atoms with van der Waals surface area (Å²) in [5.41, 5.74) is 1.22. The summed E-state index contributed by atoms with van der Waals surface area (Å²) in [5.74, 6) is -1.42. The van der Waals surface area contributed by atoms with Gasteiger partial charge in [0.15, 0.2) is 0 Å². The lowest BCUT2D eigenvalue weighted by Crippen LogP contribution is -2.46. The van der Waals surface area contributed by atoms with Crippen molar-refractivity contribution in [2.45, 2.75) is 32.4 Å². The summed E-state index contributed by atoms with van der Waals surface area (Å²) in [7, 11) is -3.25. The third-order valence-corrected chi connectivity index (χ3v) is 5.26. The SMILES string of the molecule is CCS(=O)(=O)NCc1ccc(C(=O)NC2CC(C(=O)O)C2)cc1. The van der Waals surface area contributed by atoms with E-state index in [0.717, 1.165) is 5.56 Å². The summed E-state index contributed by atoms with van der Waals surface area (Å²) < 4.78 is 25.2. The molecule has 1 aromatic rings. The van der Waals surface area contributed by atoms with Crippen LogP contribution in [0.5, 0.6) is 0 Å². The second-order valence-corrected chi connectivity index (χ2v) is 7.69. The predicted molar refractivity (Wildman–Crippen MR) is 84.4 cm³/mol. The first-order valence-corrected chi connectivity index (χ1v) is 9.06. The van der Waals surface area contributed by atoms with Gasteiger partial charge in [0.25, 0.3) is 5.91 Å². The Balaban J connectivity index is 1.85. The molecule has 0 atom stereocenters. The van der Waals surface area contributed by atoms with E-state index in [1.54, 1.807) is 31.2 Å². The summed E-state index contributed by atoms with van der Waals surface area (Å²) in [6.07, 6.45) is 0.913. The molecule has 0 saturated heterocycles. The van der Waals surface area contributed by atoms with E-state index in [0.29, 0.717) is 18.4 Å². The van der Waals surface area contributed by atoms with Crippen molar-refractivity contribution in [1.82, 2.24) is 10.0 Å². The Morgan fingerprint density at radius 3 is 2.35 bits per heavy atom. The minimum Gasteiger partial charge on any atom is -0.481 e. The highest BCUT2D eigenvalue weighted by atomic mass is 32.2. The van der Waals surface area contributed by atoms with Gasteiger partial charge in [0, 0.05) is 18.2 Å². The van der Waals surface area contributed by atoms with Gasteiger partial charge in [-0.1, -0.05) is 12.1 Å². The van der Waals surface area contributed by atoms with Crippen LogP contribution < -0.4 is 10.0 Å². The Hall–Kier alpha value is -1.93. The number of nitrogens with one attached hydrogen (secondary N) is 2. The smallest absolute Gasteiger partial charge is 0.306 e. The Labute approximate surface area is 135 Å². The van der Waals surface area contributed by atoms with Gasteiger partial charge in [0.2, 0.25) is 10.0 Å². The molecule has 0 radical (unpaired) electrons. The lowest BCUT2D eigenvalue weighted by Gasteiger charge is -2.32. The molecule has 1 aliphatic rings. The first kappa shape index (κ1) is 17.4. The average molecular weight is 340 g/mol. The molecule has 0 aromatic heterocycles. The zero-order valence-electron chi connectivity index (χ0n) is 12.8. The fourth-order valence-electron chi connectivity index (χ4n) is 2.28. The molecule has 1 aromatic carbocycles. The Morgan fingerprint density at radius 1 is 1.22 bits per heavy atom. The highest BCUT2D eigenvalue weighted by molar-refractivity contribution is 7.89. The van der Waals surface area contributed by atoms with Crippen molar-refractivity contribution in [3.8, 4) is 0 Å². The minimum absolute atomic E-state index is 0.0201. The van der Waals surface area contributed by atoms with Crippen molar-refractivity contribution in [1.29, 1.82) is 0 Å². The number of aliphatic carboxylic acids is 1. The summed E-state index contributed by atoms with van der Waals surface area (Å²) in [6, 6.07) is 6.53. The highest BCUT2D eigenvalue weighted by Crippen LogP contribution is 2.27. The minimum atomic E-state index is -3.25. The van der Waals surface area contributed by atoms with Gasteiger partial charge < -0.3 is 10.4 Å². The number of carbonyl (C=O) groups excluding carboxylic acids is 1. The molecule has 3 N–H and O–H groups in total. The molecule has 1 aliphatic carbocycles. The third kappa shape index (κ3) is 4.77. The third-order valence-electron chi connectivity index (χ3n) is 3.91. The van der Waals surface area contributed by atoms with Crippen molar-refractivity contribution in [3.05, 3.63) is 35.4 Å². The van der Waals surface area contributed by atoms with Crippen molar-refractivity contribution in [2.75, 3.05) is 5.75 Å². The molecule has 7 nitrogen and oxygen atoms in total. The van der Waals surface area contributed by atoms with Crippen molar-refractivity contribution in [2.24, 2.45) is 5.92 Å². The number of benzene rings is 1. The Kier molecular flexibility index (Phi) is 5.38. The molecule has 2 rings (SSSR count). The maximum Gasteiger partial charge on any atom is 0.306 e. The lowest BCUT2D eigenvalue weighted by atomic mass is 9.80. The van der Waals surface area contributed by atoms with Gasteiger partial charge in [0.05, 0.1) is 11.7 Å². The van der Waals surface area contributed by atoms with Crippen LogP contribution in [0.4, 0.5) is 0 Å². The van der Waals surface area contributed by atoms with Crippen LogP contribution in [0.2, 0.25) is 0 Å². The molecule has 0 bridgehead atoms. The molecule has 1 fully saturated rings. The Bertz CT molecular complexity index is 678. The standard InChI is InChI=1S/C15H20N2O5S/c1-2-23(21,22)16-9-10-3-5-11(6-4-10)14(18)17-13-7-12(8-13)15(19)20/h3-6,12-13,16H,2,7-9H2,1H3,(H,17,18)(H,19,20). The average Bonchev–Trinajstić information content (AvgIpc) is 2.48. The van der Waals surface area contributed by atoms with E-state index in [2.05, 4.69) is 10.0 Å². The van der Waals surface area contributed by atoms with Gasteiger partial charge in [-0.3, -0.25) is 9.59 Å². The quantitative estimate of drug-likeness (QED) is 0.677. The zero-order chi connectivity index (χ0) is 17.0. The molecular formula is C15H20N2O5S. The van der Waals surface area contributed by atoms with Gasteiger partial charge in [0.1, 0.15) is 0 Å². The van der Waals surface area contributed by atoms with E-state index >= 15 is 0 Å². The summed E-state index contributed by atoms with van der Waals surface area (Å²) in [6.45, 7) is 1.74.